The molecule has 0 amide bonds. The van der Waals surface area contributed by atoms with E-state index in [1.54, 1.807) is 0 Å². The lowest BCUT2D eigenvalue weighted by atomic mass is 9.88. The molecule has 2 aliphatic rings. The largest absolute Gasteiger partial charge is 0.317 e. The number of rotatable bonds is 5. The topological polar surface area (TPSA) is 15.3 Å². The van der Waals surface area contributed by atoms with E-state index >= 15 is 0 Å². The summed E-state index contributed by atoms with van der Waals surface area (Å²) >= 11 is 0. The third-order valence-electron chi connectivity index (χ3n) is 5.77. The highest BCUT2D eigenvalue weighted by Crippen LogP contribution is 2.32. The molecule has 118 valence electrons. The average Bonchev–Trinajstić information content (AvgIpc) is 2.71. The molecule has 1 saturated heterocycles. The number of likely N-dealkylation sites (tertiary alicyclic amines) is 1. The van der Waals surface area contributed by atoms with Crippen LogP contribution in [-0.4, -0.2) is 37.1 Å². The summed E-state index contributed by atoms with van der Waals surface area (Å²) in [7, 11) is 0. The minimum atomic E-state index is 0.889. The minimum absolute atomic E-state index is 0.889. The lowest BCUT2D eigenvalue weighted by Gasteiger charge is -2.37. The molecule has 2 heteroatoms. The predicted molar refractivity (Wildman–Crippen MR) is 88.0 cm³/mol. The van der Waals surface area contributed by atoms with Crippen LogP contribution in [0.3, 0.4) is 0 Å². The van der Waals surface area contributed by atoms with Gasteiger partial charge < -0.3 is 10.2 Å². The van der Waals surface area contributed by atoms with E-state index in [1.165, 1.54) is 64.6 Å². The molecule has 2 atom stereocenters. The second-order valence-corrected chi connectivity index (χ2v) is 7.45. The van der Waals surface area contributed by atoms with Crippen molar-refractivity contribution in [3.05, 3.63) is 0 Å². The molecule has 1 N–H and O–H groups in total. The molecule has 1 aliphatic carbocycles. The Kier molecular flexibility index (Phi) is 6.83. The Morgan fingerprint density at radius 1 is 1.00 bits per heavy atom. The standard InChI is InChI=1S/C18H36N2/c1-4-19-14-16-10-12-20(13-11-16)18-7-5-6-17(8-9-18)15(2)3/h15-19H,4-14H2,1-3H3. The zero-order valence-electron chi connectivity index (χ0n) is 14.0. The van der Waals surface area contributed by atoms with Gasteiger partial charge in [-0.3, -0.25) is 0 Å². The smallest absolute Gasteiger partial charge is 0.00953 e. The lowest BCUT2D eigenvalue weighted by Crippen LogP contribution is -2.43. The first kappa shape index (κ1) is 16.3. The van der Waals surface area contributed by atoms with Crippen molar-refractivity contribution in [2.24, 2.45) is 17.8 Å². The van der Waals surface area contributed by atoms with Gasteiger partial charge in [0.05, 0.1) is 0 Å². The molecule has 0 aromatic carbocycles. The van der Waals surface area contributed by atoms with Crippen molar-refractivity contribution < 1.29 is 0 Å². The van der Waals surface area contributed by atoms with Crippen molar-refractivity contribution >= 4 is 0 Å². The average molecular weight is 280 g/mol. The first-order valence-corrected chi connectivity index (χ1v) is 9.15. The van der Waals surface area contributed by atoms with Gasteiger partial charge in [0.1, 0.15) is 0 Å². The van der Waals surface area contributed by atoms with Crippen LogP contribution in [0.2, 0.25) is 0 Å². The summed E-state index contributed by atoms with van der Waals surface area (Å²) < 4.78 is 0. The second-order valence-electron chi connectivity index (χ2n) is 7.45. The van der Waals surface area contributed by atoms with Crippen LogP contribution in [0.25, 0.3) is 0 Å². The van der Waals surface area contributed by atoms with Gasteiger partial charge in [0, 0.05) is 6.04 Å². The quantitative estimate of drug-likeness (QED) is 0.768. The van der Waals surface area contributed by atoms with Gasteiger partial charge in [0.25, 0.3) is 0 Å². The number of piperidine rings is 1. The van der Waals surface area contributed by atoms with E-state index in [0.29, 0.717) is 0 Å². The van der Waals surface area contributed by atoms with Gasteiger partial charge >= 0.3 is 0 Å². The van der Waals surface area contributed by atoms with Gasteiger partial charge in [-0.25, -0.2) is 0 Å². The fourth-order valence-electron chi connectivity index (χ4n) is 4.21. The SMILES string of the molecule is CCNCC1CCN(C2CCCC(C(C)C)CC2)CC1. The van der Waals surface area contributed by atoms with Crippen LogP contribution in [-0.2, 0) is 0 Å². The number of hydrogen-bond donors (Lipinski definition) is 1. The Balaban J connectivity index is 1.73. The number of hydrogen-bond acceptors (Lipinski definition) is 2. The minimum Gasteiger partial charge on any atom is -0.317 e. The van der Waals surface area contributed by atoms with Gasteiger partial charge in [-0.2, -0.15) is 0 Å². The molecule has 20 heavy (non-hydrogen) atoms. The molecule has 2 unspecified atom stereocenters. The van der Waals surface area contributed by atoms with Crippen LogP contribution >= 0.6 is 0 Å². The van der Waals surface area contributed by atoms with E-state index in [4.69, 9.17) is 0 Å². The van der Waals surface area contributed by atoms with Crippen molar-refractivity contribution in [1.82, 2.24) is 10.2 Å². The fourth-order valence-corrected chi connectivity index (χ4v) is 4.21. The second kappa shape index (κ2) is 8.38. The lowest BCUT2D eigenvalue weighted by molar-refractivity contribution is 0.119. The Bertz CT molecular complexity index is 256. The van der Waals surface area contributed by atoms with Crippen LogP contribution < -0.4 is 5.32 Å². The normalized spacial score (nSPS) is 30.6. The molecular formula is C18H36N2. The molecule has 2 rings (SSSR count). The van der Waals surface area contributed by atoms with Crippen molar-refractivity contribution in [1.29, 1.82) is 0 Å². The summed E-state index contributed by atoms with van der Waals surface area (Å²) in [6, 6.07) is 0.902. The molecule has 1 aliphatic heterocycles. The third-order valence-corrected chi connectivity index (χ3v) is 5.77. The van der Waals surface area contributed by atoms with Gasteiger partial charge in [0.2, 0.25) is 0 Å². The van der Waals surface area contributed by atoms with E-state index in [9.17, 15) is 0 Å². The van der Waals surface area contributed by atoms with Crippen molar-refractivity contribution in [3.8, 4) is 0 Å². The first-order chi connectivity index (χ1) is 9.70. The van der Waals surface area contributed by atoms with E-state index in [1.807, 2.05) is 0 Å². The number of nitrogens with one attached hydrogen (secondary N) is 1. The van der Waals surface area contributed by atoms with Crippen molar-refractivity contribution in [3.63, 3.8) is 0 Å². The summed E-state index contributed by atoms with van der Waals surface area (Å²) in [6.07, 6.45) is 10.2. The molecule has 0 bridgehead atoms. The van der Waals surface area contributed by atoms with Crippen LogP contribution in [0.15, 0.2) is 0 Å². The van der Waals surface area contributed by atoms with Gasteiger partial charge in [0.15, 0.2) is 0 Å². The van der Waals surface area contributed by atoms with Crippen molar-refractivity contribution in [2.45, 2.75) is 71.8 Å². The summed E-state index contributed by atoms with van der Waals surface area (Å²) in [4.78, 5) is 2.82. The molecular weight excluding hydrogens is 244 g/mol. The number of nitrogens with zero attached hydrogens (tertiary/aromatic N) is 1. The molecule has 0 spiro atoms. The van der Waals surface area contributed by atoms with Gasteiger partial charge in [-0.05, 0) is 76.0 Å². The molecule has 2 nitrogen and oxygen atoms in total. The van der Waals surface area contributed by atoms with Crippen LogP contribution in [0.4, 0.5) is 0 Å². The molecule has 0 radical (unpaired) electrons. The third kappa shape index (κ3) is 4.73. The maximum atomic E-state index is 3.52. The Morgan fingerprint density at radius 2 is 1.75 bits per heavy atom. The van der Waals surface area contributed by atoms with E-state index in [2.05, 4.69) is 31.0 Å². The molecule has 1 heterocycles. The molecule has 0 aromatic rings. The Labute approximate surface area is 126 Å². The van der Waals surface area contributed by atoms with Crippen molar-refractivity contribution in [2.75, 3.05) is 26.2 Å². The summed E-state index contributed by atoms with van der Waals surface area (Å²) in [5, 5.41) is 3.52. The fraction of sp³-hybridized carbons (Fsp3) is 1.00. The zero-order chi connectivity index (χ0) is 14.4. The molecule has 2 fully saturated rings. The predicted octanol–water partition coefficient (Wildman–Crippen LogP) is 3.91. The van der Waals surface area contributed by atoms with Crippen LogP contribution in [0.5, 0.6) is 0 Å². The summed E-state index contributed by atoms with van der Waals surface area (Å²) in [5.74, 6) is 2.81. The molecule has 1 saturated carbocycles. The Hall–Kier alpha value is -0.0800. The first-order valence-electron chi connectivity index (χ1n) is 9.15. The molecule has 0 aromatic heterocycles. The van der Waals surface area contributed by atoms with Crippen LogP contribution in [0, 0.1) is 17.8 Å². The van der Waals surface area contributed by atoms with E-state index < -0.39 is 0 Å². The van der Waals surface area contributed by atoms with E-state index in [0.717, 1.165) is 30.3 Å². The highest BCUT2D eigenvalue weighted by atomic mass is 15.2. The highest BCUT2D eigenvalue weighted by Gasteiger charge is 2.27. The summed E-state index contributed by atoms with van der Waals surface area (Å²) in [5.41, 5.74) is 0. The monoisotopic (exact) mass is 280 g/mol. The highest BCUT2D eigenvalue weighted by molar-refractivity contribution is 4.82. The van der Waals surface area contributed by atoms with Gasteiger partial charge in [-0.15, -0.1) is 0 Å². The zero-order valence-corrected chi connectivity index (χ0v) is 14.0. The van der Waals surface area contributed by atoms with E-state index in [-0.39, 0.29) is 0 Å². The maximum absolute atomic E-state index is 3.52. The summed E-state index contributed by atoms with van der Waals surface area (Å²) in [6.45, 7) is 12.1. The van der Waals surface area contributed by atoms with Gasteiger partial charge in [-0.1, -0.05) is 33.6 Å². The maximum Gasteiger partial charge on any atom is 0.00953 e. The Morgan fingerprint density at radius 3 is 2.40 bits per heavy atom. The van der Waals surface area contributed by atoms with Crippen LogP contribution in [0.1, 0.15) is 65.7 Å².